The molecule has 1 aromatic rings. The van der Waals surface area contributed by atoms with Crippen molar-refractivity contribution in [2.45, 2.75) is 46.0 Å². The fraction of sp³-hybridized carbons (Fsp3) is 0.500. The zero-order valence-corrected chi connectivity index (χ0v) is 13.6. The van der Waals surface area contributed by atoms with Gasteiger partial charge >= 0.3 is 0 Å². The van der Waals surface area contributed by atoms with Gasteiger partial charge in [0.05, 0.1) is 6.61 Å². The lowest BCUT2D eigenvalue weighted by Crippen LogP contribution is -2.33. The Bertz CT molecular complexity index is 463. The zero-order valence-electron chi connectivity index (χ0n) is 12.8. The van der Waals surface area contributed by atoms with E-state index in [1.807, 2.05) is 31.2 Å². The van der Waals surface area contributed by atoms with Gasteiger partial charge in [-0.15, -0.1) is 0 Å². The van der Waals surface area contributed by atoms with Gasteiger partial charge in [0.25, 0.3) is 0 Å². The molecule has 1 rings (SSSR count). The van der Waals surface area contributed by atoms with Crippen molar-refractivity contribution in [2.24, 2.45) is 0 Å². The average molecular weight is 308 g/mol. The summed E-state index contributed by atoms with van der Waals surface area (Å²) < 4.78 is 5.41. The SMILES string of the molecule is CCCCCCC(=O)NC(=S)Nc1cccc(OCC)c1. The van der Waals surface area contributed by atoms with Crippen LogP contribution >= 0.6 is 12.2 Å². The fourth-order valence-corrected chi connectivity index (χ4v) is 2.13. The van der Waals surface area contributed by atoms with E-state index in [0.717, 1.165) is 30.7 Å². The van der Waals surface area contributed by atoms with Crippen molar-refractivity contribution in [3.63, 3.8) is 0 Å². The summed E-state index contributed by atoms with van der Waals surface area (Å²) >= 11 is 5.14. The molecular weight excluding hydrogens is 284 g/mol. The van der Waals surface area contributed by atoms with E-state index in [0.29, 0.717) is 18.1 Å². The van der Waals surface area contributed by atoms with Crippen molar-refractivity contribution >= 4 is 28.9 Å². The van der Waals surface area contributed by atoms with Crippen LogP contribution in [0, 0.1) is 0 Å². The molecule has 0 spiro atoms. The molecule has 0 fully saturated rings. The highest BCUT2D eigenvalue weighted by Gasteiger charge is 2.05. The topological polar surface area (TPSA) is 50.4 Å². The number of amides is 1. The molecule has 0 bridgehead atoms. The predicted molar refractivity (Wildman–Crippen MR) is 90.7 cm³/mol. The van der Waals surface area contributed by atoms with Gasteiger partial charge in [0, 0.05) is 18.2 Å². The Kier molecular flexibility index (Phi) is 8.43. The van der Waals surface area contributed by atoms with Gasteiger partial charge < -0.3 is 15.4 Å². The van der Waals surface area contributed by atoms with Crippen molar-refractivity contribution in [3.8, 4) is 5.75 Å². The Morgan fingerprint density at radius 3 is 2.76 bits per heavy atom. The summed E-state index contributed by atoms with van der Waals surface area (Å²) in [5.41, 5.74) is 0.803. The number of hydrogen-bond donors (Lipinski definition) is 2. The van der Waals surface area contributed by atoms with E-state index in [1.54, 1.807) is 0 Å². The summed E-state index contributed by atoms with van der Waals surface area (Å²) in [5, 5.41) is 6.01. The second-order valence-electron chi connectivity index (χ2n) is 4.77. The van der Waals surface area contributed by atoms with Gasteiger partial charge in [-0.1, -0.05) is 32.3 Å². The van der Waals surface area contributed by atoms with Gasteiger partial charge in [-0.25, -0.2) is 0 Å². The van der Waals surface area contributed by atoms with E-state index in [9.17, 15) is 4.79 Å². The van der Waals surface area contributed by atoms with Gasteiger partial charge in [-0.2, -0.15) is 0 Å². The Labute approximate surface area is 132 Å². The fourth-order valence-electron chi connectivity index (χ4n) is 1.89. The number of carbonyl (C=O) groups excluding carboxylic acids is 1. The standard InChI is InChI=1S/C16H24N2O2S/c1-3-5-6-7-11-15(19)18-16(21)17-13-9-8-10-14(12-13)20-4-2/h8-10,12H,3-7,11H2,1-2H3,(H2,17,18,19,21). The van der Waals surface area contributed by atoms with Gasteiger partial charge in [-0.05, 0) is 37.7 Å². The maximum Gasteiger partial charge on any atom is 0.226 e. The lowest BCUT2D eigenvalue weighted by Gasteiger charge is -2.11. The molecule has 0 heterocycles. The Morgan fingerprint density at radius 2 is 2.05 bits per heavy atom. The van der Waals surface area contributed by atoms with Crippen molar-refractivity contribution in [3.05, 3.63) is 24.3 Å². The first kappa shape index (κ1) is 17.4. The van der Waals surface area contributed by atoms with Crippen LogP contribution in [0.2, 0.25) is 0 Å². The largest absolute Gasteiger partial charge is 0.494 e. The molecule has 5 heteroatoms. The highest BCUT2D eigenvalue weighted by molar-refractivity contribution is 7.80. The first-order chi connectivity index (χ1) is 10.2. The highest BCUT2D eigenvalue weighted by atomic mass is 32.1. The number of unbranched alkanes of at least 4 members (excludes halogenated alkanes) is 3. The second kappa shape index (κ2) is 10.2. The van der Waals surface area contributed by atoms with Crippen molar-refractivity contribution in [1.29, 1.82) is 0 Å². The Hall–Kier alpha value is -1.62. The summed E-state index contributed by atoms with van der Waals surface area (Å²) in [4.78, 5) is 11.7. The van der Waals surface area contributed by atoms with E-state index >= 15 is 0 Å². The summed E-state index contributed by atoms with van der Waals surface area (Å²) in [7, 11) is 0. The minimum absolute atomic E-state index is 0.0374. The minimum Gasteiger partial charge on any atom is -0.494 e. The Morgan fingerprint density at radius 1 is 1.24 bits per heavy atom. The van der Waals surface area contributed by atoms with Crippen LogP contribution in [0.1, 0.15) is 46.0 Å². The third-order valence-electron chi connectivity index (χ3n) is 2.91. The van der Waals surface area contributed by atoms with Crippen molar-refractivity contribution < 1.29 is 9.53 Å². The van der Waals surface area contributed by atoms with Crippen LogP contribution in [-0.4, -0.2) is 17.6 Å². The molecule has 116 valence electrons. The Balaban J connectivity index is 2.35. The molecule has 0 unspecified atom stereocenters. The van der Waals surface area contributed by atoms with E-state index < -0.39 is 0 Å². The summed E-state index contributed by atoms with van der Waals surface area (Å²) in [6, 6.07) is 7.48. The molecular formula is C16H24N2O2S. The van der Waals surface area contributed by atoms with Crippen LogP contribution in [0.3, 0.4) is 0 Å². The lowest BCUT2D eigenvalue weighted by atomic mass is 10.1. The third-order valence-corrected chi connectivity index (χ3v) is 3.12. The zero-order chi connectivity index (χ0) is 15.5. The number of ether oxygens (including phenoxy) is 1. The van der Waals surface area contributed by atoms with E-state index in [-0.39, 0.29) is 5.91 Å². The number of hydrogen-bond acceptors (Lipinski definition) is 3. The molecule has 2 N–H and O–H groups in total. The number of carbonyl (C=O) groups is 1. The van der Waals surface area contributed by atoms with Crippen LogP contribution in [0.5, 0.6) is 5.75 Å². The van der Waals surface area contributed by atoms with Gasteiger partial charge in [0.1, 0.15) is 5.75 Å². The molecule has 1 aromatic carbocycles. The molecule has 0 atom stereocenters. The van der Waals surface area contributed by atoms with Gasteiger partial charge in [-0.3, -0.25) is 4.79 Å². The van der Waals surface area contributed by atoms with Crippen LogP contribution < -0.4 is 15.4 Å². The highest BCUT2D eigenvalue weighted by Crippen LogP contribution is 2.17. The normalized spacial score (nSPS) is 10.0. The van der Waals surface area contributed by atoms with E-state index in [2.05, 4.69) is 17.6 Å². The van der Waals surface area contributed by atoms with Crippen LogP contribution in [0.15, 0.2) is 24.3 Å². The molecule has 0 aliphatic heterocycles. The number of rotatable bonds is 8. The first-order valence-electron chi connectivity index (χ1n) is 7.49. The van der Waals surface area contributed by atoms with Gasteiger partial charge in [0.2, 0.25) is 5.91 Å². The van der Waals surface area contributed by atoms with Gasteiger partial charge in [0.15, 0.2) is 5.11 Å². The average Bonchev–Trinajstić information content (AvgIpc) is 2.44. The molecule has 0 radical (unpaired) electrons. The number of benzene rings is 1. The molecule has 0 saturated heterocycles. The second-order valence-corrected chi connectivity index (χ2v) is 5.18. The quantitative estimate of drug-likeness (QED) is 0.565. The number of anilines is 1. The molecule has 0 aliphatic rings. The summed E-state index contributed by atoms with van der Waals surface area (Å²) in [5.74, 6) is 0.737. The molecule has 4 nitrogen and oxygen atoms in total. The molecule has 0 aromatic heterocycles. The smallest absolute Gasteiger partial charge is 0.226 e. The van der Waals surface area contributed by atoms with E-state index in [4.69, 9.17) is 17.0 Å². The van der Waals surface area contributed by atoms with Crippen LogP contribution in [0.25, 0.3) is 0 Å². The monoisotopic (exact) mass is 308 g/mol. The van der Waals surface area contributed by atoms with Crippen LogP contribution in [-0.2, 0) is 4.79 Å². The number of thiocarbonyl (C=S) groups is 1. The molecule has 1 amide bonds. The minimum atomic E-state index is -0.0374. The lowest BCUT2D eigenvalue weighted by molar-refractivity contribution is -0.119. The summed E-state index contributed by atoms with van der Waals surface area (Å²) in [6.45, 7) is 4.70. The molecule has 0 aliphatic carbocycles. The maximum atomic E-state index is 11.7. The molecule has 21 heavy (non-hydrogen) atoms. The summed E-state index contributed by atoms with van der Waals surface area (Å²) in [6.07, 6.45) is 4.83. The van der Waals surface area contributed by atoms with Crippen molar-refractivity contribution in [2.75, 3.05) is 11.9 Å². The molecule has 0 saturated carbocycles. The maximum absolute atomic E-state index is 11.7. The number of nitrogens with one attached hydrogen (secondary N) is 2. The van der Waals surface area contributed by atoms with Crippen LogP contribution in [0.4, 0.5) is 5.69 Å². The first-order valence-corrected chi connectivity index (χ1v) is 7.90. The van der Waals surface area contributed by atoms with Crippen molar-refractivity contribution in [1.82, 2.24) is 5.32 Å². The van der Waals surface area contributed by atoms with E-state index in [1.165, 1.54) is 6.42 Å². The predicted octanol–water partition coefficient (Wildman–Crippen LogP) is 3.87. The third kappa shape index (κ3) is 7.66.